The number of carbonyl (C=O) groups excluding carboxylic acids is 1. The van der Waals surface area contributed by atoms with Crippen LogP contribution >= 0.6 is 0 Å². The van der Waals surface area contributed by atoms with Gasteiger partial charge in [-0.05, 0) is 74.7 Å². The molecule has 1 aliphatic heterocycles. The molecule has 33 heavy (non-hydrogen) atoms. The van der Waals surface area contributed by atoms with E-state index in [1.165, 1.54) is 12.1 Å². The fourth-order valence-corrected chi connectivity index (χ4v) is 3.80. The number of nitrogens with zero attached hydrogens (tertiary/aromatic N) is 2. The summed E-state index contributed by atoms with van der Waals surface area (Å²) in [6.07, 6.45) is 2.86. The van der Waals surface area contributed by atoms with Crippen molar-refractivity contribution < 1.29 is 23.4 Å². The highest BCUT2D eigenvalue weighted by molar-refractivity contribution is 5.76. The summed E-state index contributed by atoms with van der Waals surface area (Å²) >= 11 is 0. The molecule has 0 saturated carbocycles. The molecule has 1 atom stereocenters. The van der Waals surface area contributed by atoms with Crippen LogP contribution in [0.2, 0.25) is 0 Å². The Bertz CT molecular complexity index is 1070. The lowest BCUT2D eigenvalue weighted by atomic mass is 10.1. The summed E-state index contributed by atoms with van der Waals surface area (Å²) in [7, 11) is 1.61. The highest BCUT2D eigenvalue weighted by atomic mass is 19.1. The van der Waals surface area contributed by atoms with Gasteiger partial charge >= 0.3 is 0 Å². The first kappa shape index (κ1) is 22.8. The van der Waals surface area contributed by atoms with Crippen molar-refractivity contribution in [1.82, 2.24) is 15.1 Å². The minimum Gasteiger partial charge on any atom is -0.497 e. The van der Waals surface area contributed by atoms with E-state index >= 15 is 0 Å². The molecule has 1 saturated heterocycles. The molecular weight excluding hydrogens is 425 g/mol. The standard InChI is InChI=1S/C25H28FN3O4/c1-17-23(13-14-24(30)27-16-22-4-3-15-32-22)25(33-21-9-5-18(26)6-10-21)29(28-17)19-7-11-20(31-2)12-8-19/h5-12,22H,3-4,13-16H2,1-2H3,(H,27,30). The number of benzene rings is 2. The van der Waals surface area contributed by atoms with E-state index in [4.69, 9.17) is 14.2 Å². The number of rotatable bonds is 9. The Kier molecular flexibility index (Phi) is 7.24. The van der Waals surface area contributed by atoms with Gasteiger partial charge in [-0.2, -0.15) is 5.10 Å². The number of methoxy groups -OCH3 is 1. The second-order valence-corrected chi connectivity index (χ2v) is 7.97. The molecule has 1 unspecified atom stereocenters. The van der Waals surface area contributed by atoms with Crippen LogP contribution in [0.3, 0.4) is 0 Å². The minimum atomic E-state index is -0.342. The van der Waals surface area contributed by atoms with Gasteiger partial charge in [0.25, 0.3) is 0 Å². The Morgan fingerprint density at radius 1 is 1.18 bits per heavy atom. The Labute approximate surface area is 192 Å². The normalized spacial score (nSPS) is 15.4. The zero-order valence-electron chi connectivity index (χ0n) is 18.8. The van der Waals surface area contributed by atoms with Crippen LogP contribution in [0.5, 0.6) is 17.4 Å². The van der Waals surface area contributed by atoms with Crippen LogP contribution in [0.1, 0.15) is 30.5 Å². The molecule has 0 aliphatic carbocycles. The molecule has 3 aromatic rings. The second-order valence-electron chi connectivity index (χ2n) is 7.97. The van der Waals surface area contributed by atoms with Crippen molar-refractivity contribution in [1.29, 1.82) is 0 Å². The lowest BCUT2D eigenvalue weighted by Crippen LogP contribution is -2.31. The van der Waals surface area contributed by atoms with E-state index in [9.17, 15) is 9.18 Å². The number of aryl methyl sites for hydroxylation is 1. The minimum absolute atomic E-state index is 0.0465. The van der Waals surface area contributed by atoms with E-state index in [-0.39, 0.29) is 17.8 Å². The number of ether oxygens (including phenoxy) is 3. The molecule has 0 radical (unpaired) electrons. The third-order valence-corrected chi connectivity index (χ3v) is 5.64. The number of aromatic nitrogens is 2. The van der Waals surface area contributed by atoms with Gasteiger partial charge in [-0.25, -0.2) is 9.07 Å². The molecule has 174 valence electrons. The summed E-state index contributed by atoms with van der Waals surface area (Å²) in [4.78, 5) is 12.4. The average Bonchev–Trinajstić information content (AvgIpc) is 3.46. The summed E-state index contributed by atoms with van der Waals surface area (Å²) < 4.78 is 32.0. The van der Waals surface area contributed by atoms with Gasteiger partial charge < -0.3 is 19.5 Å². The number of hydrogen-bond donors (Lipinski definition) is 1. The molecule has 4 rings (SSSR count). The quantitative estimate of drug-likeness (QED) is 0.522. The Balaban J connectivity index is 1.55. The lowest BCUT2D eigenvalue weighted by Gasteiger charge is -2.13. The summed E-state index contributed by atoms with van der Waals surface area (Å²) in [5.74, 6) is 1.32. The molecule has 7 nitrogen and oxygen atoms in total. The zero-order valence-corrected chi connectivity index (χ0v) is 18.8. The second kappa shape index (κ2) is 10.5. The highest BCUT2D eigenvalue weighted by Gasteiger charge is 2.21. The van der Waals surface area contributed by atoms with Gasteiger partial charge in [0.1, 0.15) is 17.3 Å². The van der Waals surface area contributed by atoms with Crippen LogP contribution in [0.4, 0.5) is 4.39 Å². The molecule has 1 aliphatic rings. The summed E-state index contributed by atoms with van der Waals surface area (Å²) in [6, 6.07) is 13.2. The van der Waals surface area contributed by atoms with E-state index < -0.39 is 0 Å². The number of amides is 1. The van der Waals surface area contributed by atoms with E-state index in [0.29, 0.717) is 31.0 Å². The van der Waals surface area contributed by atoms with Gasteiger partial charge in [0.2, 0.25) is 11.8 Å². The van der Waals surface area contributed by atoms with Crippen LogP contribution < -0.4 is 14.8 Å². The van der Waals surface area contributed by atoms with Gasteiger partial charge in [0.15, 0.2) is 0 Å². The van der Waals surface area contributed by atoms with Crippen molar-refractivity contribution in [2.24, 2.45) is 0 Å². The number of hydrogen-bond acceptors (Lipinski definition) is 5. The molecule has 1 fully saturated rings. The monoisotopic (exact) mass is 453 g/mol. The predicted octanol–water partition coefficient (Wildman–Crippen LogP) is 4.35. The van der Waals surface area contributed by atoms with Crippen LogP contribution in [0, 0.1) is 12.7 Å². The topological polar surface area (TPSA) is 74.6 Å². The van der Waals surface area contributed by atoms with Crippen molar-refractivity contribution in [3.8, 4) is 23.1 Å². The Morgan fingerprint density at radius 3 is 2.58 bits per heavy atom. The maximum atomic E-state index is 13.4. The SMILES string of the molecule is COc1ccc(-n2nc(C)c(CCC(=O)NCC3CCCO3)c2Oc2ccc(F)cc2)cc1. The zero-order chi connectivity index (χ0) is 23.2. The molecular formula is C25H28FN3O4. The summed E-state index contributed by atoms with van der Waals surface area (Å²) in [5, 5.41) is 7.62. The average molecular weight is 454 g/mol. The first-order valence-corrected chi connectivity index (χ1v) is 11.1. The predicted molar refractivity (Wildman–Crippen MR) is 122 cm³/mol. The van der Waals surface area contributed by atoms with Crippen LogP contribution in [-0.2, 0) is 16.0 Å². The van der Waals surface area contributed by atoms with Crippen molar-refractivity contribution in [2.45, 2.75) is 38.7 Å². The molecule has 1 amide bonds. The maximum absolute atomic E-state index is 13.4. The fraction of sp³-hybridized carbons (Fsp3) is 0.360. The lowest BCUT2D eigenvalue weighted by molar-refractivity contribution is -0.121. The molecule has 2 aromatic carbocycles. The van der Waals surface area contributed by atoms with Gasteiger partial charge in [0.05, 0.1) is 24.6 Å². The smallest absolute Gasteiger partial charge is 0.226 e. The third-order valence-electron chi connectivity index (χ3n) is 5.64. The number of carbonyl (C=O) groups is 1. The molecule has 2 heterocycles. The fourth-order valence-electron chi connectivity index (χ4n) is 3.80. The molecule has 8 heteroatoms. The van der Waals surface area contributed by atoms with Gasteiger partial charge in [-0.15, -0.1) is 0 Å². The molecule has 1 aromatic heterocycles. The van der Waals surface area contributed by atoms with Crippen LogP contribution in [-0.4, -0.2) is 42.1 Å². The Morgan fingerprint density at radius 2 is 1.91 bits per heavy atom. The van der Waals surface area contributed by atoms with E-state index in [0.717, 1.165) is 42.1 Å². The van der Waals surface area contributed by atoms with E-state index in [1.807, 2.05) is 31.2 Å². The molecule has 0 bridgehead atoms. The first-order chi connectivity index (χ1) is 16.0. The van der Waals surface area contributed by atoms with Crippen molar-refractivity contribution in [3.05, 3.63) is 65.6 Å². The van der Waals surface area contributed by atoms with E-state index in [1.54, 1.807) is 23.9 Å². The van der Waals surface area contributed by atoms with Crippen LogP contribution in [0.15, 0.2) is 48.5 Å². The maximum Gasteiger partial charge on any atom is 0.226 e. The first-order valence-electron chi connectivity index (χ1n) is 11.1. The summed E-state index contributed by atoms with van der Waals surface area (Å²) in [6.45, 7) is 3.17. The number of halogens is 1. The van der Waals surface area contributed by atoms with Crippen molar-refractivity contribution in [3.63, 3.8) is 0 Å². The summed E-state index contributed by atoms with van der Waals surface area (Å²) in [5.41, 5.74) is 2.36. The van der Waals surface area contributed by atoms with Crippen LogP contribution in [0.25, 0.3) is 5.69 Å². The van der Waals surface area contributed by atoms with E-state index in [2.05, 4.69) is 10.4 Å². The molecule has 1 N–H and O–H groups in total. The largest absolute Gasteiger partial charge is 0.497 e. The van der Waals surface area contributed by atoms with Gasteiger partial charge in [0, 0.05) is 25.1 Å². The third kappa shape index (κ3) is 5.70. The number of nitrogens with one attached hydrogen (secondary N) is 1. The van der Waals surface area contributed by atoms with Gasteiger partial charge in [-0.3, -0.25) is 4.79 Å². The van der Waals surface area contributed by atoms with Gasteiger partial charge in [-0.1, -0.05) is 0 Å². The van der Waals surface area contributed by atoms with Crippen molar-refractivity contribution in [2.75, 3.05) is 20.3 Å². The highest BCUT2D eigenvalue weighted by Crippen LogP contribution is 2.32. The Hall–Kier alpha value is -3.39. The molecule has 0 spiro atoms. The van der Waals surface area contributed by atoms with Crippen molar-refractivity contribution >= 4 is 5.91 Å².